The fourth-order valence-corrected chi connectivity index (χ4v) is 2.08. The van der Waals surface area contributed by atoms with Crippen LogP contribution in [0.4, 0.5) is 0 Å². The molecule has 0 bridgehead atoms. The molecule has 1 aliphatic heterocycles. The Morgan fingerprint density at radius 1 is 1.47 bits per heavy atom. The van der Waals surface area contributed by atoms with Gasteiger partial charge in [0.1, 0.15) is 11.8 Å². The van der Waals surface area contributed by atoms with Gasteiger partial charge in [-0.2, -0.15) is 0 Å². The Balaban J connectivity index is 2.00. The number of hydrogen-bond acceptors (Lipinski definition) is 5. The fraction of sp³-hybridized carbons (Fsp3) is 0.667. The molecular formula is C12H18N2O3. The van der Waals surface area contributed by atoms with E-state index in [-0.39, 0.29) is 6.10 Å². The molecule has 0 aliphatic carbocycles. The van der Waals surface area contributed by atoms with Crippen LogP contribution >= 0.6 is 0 Å². The zero-order chi connectivity index (χ0) is 12.1. The zero-order valence-corrected chi connectivity index (χ0v) is 10.0. The van der Waals surface area contributed by atoms with Crippen LogP contribution in [0.1, 0.15) is 37.5 Å². The van der Waals surface area contributed by atoms with E-state index in [4.69, 9.17) is 9.47 Å². The van der Waals surface area contributed by atoms with E-state index in [1.807, 2.05) is 0 Å². The molecule has 5 nitrogen and oxygen atoms in total. The second-order valence-electron chi connectivity index (χ2n) is 4.19. The molecule has 0 spiro atoms. The van der Waals surface area contributed by atoms with Gasteiger partial charge >= 0.3 is 0 Å². The average molecular weight is 238 g/mol. The Labute approximate surface area is 101 Å². The molecule has 5 heteroatoms. The van der Waals surface area contributed by atoms with Crippen molar-refractivity contribution >= 4 is 0 Å². The molecule has 1 aromatic rings. The normalized spacial score (nSPS) is 22.1. The highest BCUT2D eigenvalue weighted by Crippen LogP contribution is 2.27. The number of aliphatic hydroxyl groups is 1. The van der Waals surface area contributed by atoms with Gasteiger partial charge in [-0.15, -0.1) is 0 Å². The summed E-state index contributed by atoms with van der Waals surface area (Å²) in [6.07, 6.45) is 6.37. The van der Waals surface area contributed by atoms with E-state index in [1.165, 1.54) is 7.11 Å². The van der Waals surface area contributed by atoms with Gasteiger partial charge in [-0.05, 0) is 19.3 Å². The lowest BCUT2D eigenvalue weighted by molar-refractivity contribution is -0.0168. The predicted molar refractivity (Wildman–Crippen MR) is 61.8 cm³/mol. The molecule has 2 rings (SSSR count). The summed E-state index contributed by atoms with van der Waals surface area (Å²) < 4.78 is 10.7. The highest BCUT2D eigenvalue weighted by atomic mass is 16.5. The Morgan fingerprint density at radius 2 is 2.29 bits per heavy atom. The lowest BCUT2D eigenvalue weighted by atomic mass is 10.0. The van der Waals surface area contributed by atoms with E-state index in [0.717, 1.165) is 25.9 Å². The Bertz CT molecular complexity index is 353. The summed E-state index contributed by atoms with van der Waals surface area (Å²) in [4.78, 5) is 8.15. The van der Waals surface area contributed by atoms with Crippen LogP contribution in [0, 0.1) is 0 Å². The smallest absolute Gasteiger partial charge is 0.238 e. The van der Waals surface area contributed by atoms with Crippen molar-refractivity contribution in [2.24, 2.45) is 0 Å². The molecule has 2 atom stereocenters. The third kappa shape index (κ3) is 3.14. The summed E-state index contributed by atoms with van der Waals surface area (Å²) in [5.41, 5.74) is 0.490. The highest BCUT2D eigenvalue weighted by Gasteiger charge is 2.22. The molecule has 1 saturated heterocycles. The lowest BCUT2D eigenvalue weighted by Gasteiger charge is -2.24. The number of aromatic nitrogens is 2. The number of methoxy groups -OCH3 is 1. The third-order valence-corrected chi connectivity index (χ3v) is 2.96. The molecule has 94 valence electrons. The largest absolute Gasteiger partial charge is 0.480 e. The standard InChI is InChI=1S/C12H18N2O3/c1-16-12-11(13-5-6-14-12)10(15)8-9-4-2-3-7-17-9/h5-6,9-10,15H,2-4,7-8H2,1H3. The summed E-state index contributed by atoms with van der Waals surface area (Å²) in [6, 6.07) is 0. The zero-order valence-electron chi connectivity index (χ0n) is 10.0. The molecule has 1 N–H and O–H groups in total. The Morgan fingerprint density at radius 3 is 3.00 bits per heavy atom. The van der Waals surface area contributed by atoms with Crippen molar-refractivity contribution < 1.29 is 14.6 Å². The first kappa shape index (κ1) is 12.3. The van der Waals surface area contributed by atoms with Crippen LogP contribution in [0.3, 0.4) is 0 Å². The predicted octanol–water partition coefficient (Wildman–Crippen LogP) is 1.48. The number of aliphatic hydroxyl groups excluding tert-OH is 1. The quantitative estimate of drug-likeness (QED) is 0.860. The van der Waals surface area contributed by atoms with E-state index >= 15 is 0 Å². The van der Waals surface area contributed by atoms with Crippen LogP contribution in [-0.2, 0) is 4.74 Å². The van der Waals surface area contributed by atoms with Crippen LogP contribution in [0.25, 0.3) is 0 Å². The molecule has 0 amide bonds. The number of nitrogens with zero attached hydrogens (tertiary/aromatic N) is 2. The Kier molecular flexibility index (Phi) is 4.28. The summed E-state index contributed by atoms with van der Waals surface area (Å²) >= 11 is 0. The van der Waals surface area contributed by atoms with Gasteiger partial charge < -0.3 is 14.6 Å². The van der Waals surface area contributed by atoms with Crippen molar-refractivity contribution in [3.05, 3.63) is 18.1 Å². The van der Waals surface area contributed by atoms with Gasteiger partial charge in [-0.3, -0.25) is 4.98 Å². The van der Waals surface area contributed by atoms with Crippen molar-refractivity contribution in [2.45, 2.75) is 37.9 Å². The topological polar surface area (TPSA) is 64.5 Å². The van der Waals surface area contributed by atoms with Gasteiger partial charge in [0.25, 0.3) is 0 Å². The van der Waals surface area contributed by atoms with Crippen LogP contribution in [-0.4, -0.2) is 34.9 Å². The highest BCUT2D eigenvalue weighted by molar-refractivity contribution is 5.19. The molecule has 17 heavy (non-hydrogen) atoms. The van der Waals surface area contributed by atoms with Crippen molar-refractivity contribution in [3.8, 4) is 5.88 Å². The van der Waals surface area contributed by atoms with Gasteiger partial charge in [0.05, 0.1) is 13.2 Å². The molecule has 2 heterocycles. The van der Waals surface area contributed by atoms with Gasteiger partial charge in [-0.1, -0.05) is 0 Å². The SMILES string of the molecule is COc1nccnc1C(O)CC1CCCCO1. The van der Waals surface area contributed by atoms with Crippen LogP contribution < -0.4 is 4.74 Å². The maximum absolute atomic E-state index is 10.1. The maximum Gasteiger partial charge on any atom is 0.238 e. The number of rotatable bonds is 4. The minimum atomic E-state index is -0.679. The molecule has 1 aromatic heterocycles. The van der Waals surface area contributed by atoms with E-state index in [2.05, 4.69) is 9.97 Å². The Hall–Kier alpha value is -1.20. The number of hydrogen-bond donors (Lipinski definition) is 1. The summed E-state index contributed by atoms with van der Waals surface area (Å²) in [5, 5.41) is 10.1. The van der Waals surface area contributed by atoms with Crippen molar-refractivity contribution in [1.82, 2.24) is 9.97 Å². The second-order valence-corrected chi connectivity index (χ2v) is 4.19. The first-order valence-electron chi connectivity index (χ1n) is 5.96. The lowest BCUT2D eigenvalue weighted by Crippen LogP contribution is -2.22. The van der Waals surface area contributed by atoms with Crippen LogP contribution in [0.2, 0.25) is 0 Å². The second kappa shape index (κ2) is 5.93. The molecule has 0 saturated carbocycles. The maximum atomic E-state index is 10.1. The van der Waals surface area contributed by atoms with Crippen LogP contribution in [0.15, 0.2) is 12.4 Å². The van der Waals surface area contributed by atoms with Crippen molar-refractivity contribution in [3.63, 3.8) is 0 Å². The molecule has 1 fully saturated rings. The monoisotopic (exact) mass is 238 g/mol. The first-order valence-corrected chi connectivity index (χ1v) is 5.96. The molecule has 0 aromatic carbocycles. The summed E-state index contributed by atoms with van der Waals surface area (Å²) in [7, 11) is 1.53. The van der Waals surface area contributed by atoms with Crippen LogP contribution in [0.5, 0.6) is 5.88 Å². The van der Waals surface area contributed by atoms with Gasteiger partial charge in [0.15, 0.2) is 0 Å². The van der Waals surface area contributed by atoms with E-state index in [9.17, 15) is 5.11 Å². The average Bonchev–Trinajstić information content (AvgIpc) is 2.40. The fourth-order valence-electron chi connectivity index (χ4n) is 2.08. The minimum absolute atomic E-state index is 0.116. The van der Waals surface area contributed by atoms with Gasteiger partial charge in [-0.25, -0.2) is 4.98 Å². The molecule has 0 radical (unpaired) electrons. The number of ether oxygens (including phenoxy) is 2. The van der Waals surface area contributed by atoms with Gasteiger partial charge in [0.2, 0.25) is 5.88 Å². The summed E-state index contributed by atoms with van der Waals surface area (Å²) in [5.74, 6) is 0.385. The van der Waals surface area contributed by atoms with E-state index in [1.54, 1.807) is 12.4 Å². The van der Waals surface area contributed by atoms with E-state index in [0.29, 0.717) is 18.0 Å². The van der Waals surface area contributed by atoms with Crippen molar-refractivity contribution in [1.29, 1.82) is 0 Å². The molecule has 1 aliphatic rings. The third-order valence-electron chi connectivity index (χ3n) is 2.96. The van der Waals surface area contributed by atoms with Crippen molar-refractivity contribution in [2.75, 3.05) is 13.7 Å². The first-order chi connectivity index (χ1) is 8.31. The van der Waals surface area contributed by atoms with E-state index < -0.39 is 6.10 Å². The molecule has 2 unspecified atom stereocenters. The molecular weight excluding hydrogens is 220 g/mol. The van der Waals surface area contributed by atoms with Gasteiger partial charge in [0, 0.05) is 25.4 Å². The minimum Gasteiger partial charge on any atom is -0.480 e. The summed E-state index contributed by atoms with van der Waals surface area (Å²) in [6.45, 7) is 0.787.